The number of aliphatic hydroxyl groups is 1. The summed E-state index contributed by atoms with van der Waals surface area (Å²) >= 11 is 0. The molecule has 5 nitrogen and oxygen atoms in total. The Morgan fingerprint density at radius 3 is 1.02 bits per heavy atom. The fourth-order valence-electron chi connectivity index (χ4n) is 7.62. The van der Waals surface area contributed by atoms with E-state index in [-0.39, 0.29) is 25.2 Å². The molecule has 1 atom stereocenters. The molecule has 0 aliphatic rings. The molecule has 0 saturated heterocycles. The molecule has 0 aliphatic heterocycles. The highest BCUT2D eigenvalue weighted by atomic mass is 16.6. The number of rotatable bonds is 48. The molecule has 0 bridgehead atoms. The van der Waals surface area contributed by atoms with Crippen molar-refractivity contribution in [3.8, 4) is 0 Å². The van der Waals surface area contributed by atoms with Gasteiger partial charge < -0.3 is 14.6 Å². The Balaban J connectivity index is 3.49. The van der Waals surface area contributed by atoms with Crippen LogP contribution in [-0.2, 0) is 19.1 Å². The summed E-state index contributed by atoms with van der Waals surface area (Å²) in [4.78, 5) is 24.5. The topological polar surface area (TPSA) is 72.8 Å². The Morgan fingerprint density at radius 1 is 0.383 bits per heavy atom. The van der Waals surface area contributed by atoms with E-state index in [1.807, 2.05) is 0 Å². The van der Waals surface area contributed by atoms with E-state index in [9.17, 15) is 14.7 Å². The molecule has 0 aromatic carbocycles. The third kappa shape index (κ3) is 48.5. The molecule has 1 unspecified atom stereocenters. The van der Waals surface area contributed by atoms with Gasteiger partial charge in [-0.05, 0) is 77.0 Å². The second-order valence-electron chi connectivity index (χ2n) is 17.6. The maximum Gasteiger partial charge on any atom is 0.306 e. The van der Waals surface area contributed by atoms with Crippen molar-refractivity contribution < 1.29 is 24.2 Å². The molecule has 0 radical (unpaired) electrons. The molecule has 0 fully saturated rings. The number of esters is 2. The van der Waals surface area contributed by atoms with Crippen LogP contribution >= 0.6 is 0 Å². The lowest BCUT2D eigenvalue weighted by Crippen LogP contribution is -2.28. The Kier molecular flexibility index (Phi) is 49.4. The maximum absolute atomic E-state index is 12.3. The van der Waals surface area contributed by atoms with Crippen LogP contribution < -0.4 is 0 Å². The summed E-state index contributed by atoms with van der Waals surface area (Å²) in [7, 11) is 0. The van der Waals surface area contributed by atoms with Crippen LogP contribution in [0.5, 0.6) is 0 Å². The number of unbranched alkanes of at least 4 members (excludes halogenated alkanes) is 32. The highest BCUT2D eigenvalue weighted by Crippen LogP contribution is 2.15. The number of hydrogen-bond acceptors (Lipinski definition) is 5. The monoisotopic (exact) mass is 841 g/mol. The van der Waals surface area contributed by atoms with Gasteiger partial charge in [0.1, 0.15) is 6.61 Å². The predicted molar refractivity (Wildman–Crippen MR) is 261 cm³/mol. The standard InChI is InChI=1S/C55H100O5/c1-3-5-7-9-11-13-15-17-19-21-23-24-25-26-27-28-29-30-32-34-36-38-40-42-44-46-48-50-55(58)60-53(51-56)52-59-54(57)49-47-45-43-41-39-37-35-33-31-22-20-18-16-14-12-10-8-6-4-2/h15,17-18,20-21,23,25-26,53,56H,3-14,16,19,22,24,27-52H2,1-2H3/b17-15-,20-18-,23-21-,26-25-. The van der Waals surface area contributed by atoms with Crippen LogP contribution in [0.1, 0.15) is 271 Å². The van der Waals surface area contributed by atoms with Gasteiger partial charge in [-0.2, -0.15) is 0 Å². The smallest absolute Gasteiger partial charge is 0.306 e. The van der Waals surface area contributed by atoms with Gasteiger partial charge in [0.05, 0.1) is 6.61 Å². The number of carbonyl (C=O) groups excluding carboxylic acids is 2. The summed E-state index contributed by atoms with van der Waals surface area (Å²) in [6, 6.07) is 0. The summed E-state index contributed by atoms with van der Waals surface area (Å²) in [5.41, 5.74) is 0. The zero-order valence-corrected chi connectivity index (χ0v) is 40.0. The first-order valence-corrected chi connectivity index (χ1v) is 26.2. The van der Waals surface area contributed by atoms with Gasteiger partial charge >= 0.3 is 11.9 Å². The quantitative estimate of drug-likeness (QED) is 0.0375. The minimum absolute atomic E-state index is 0.0661. The summed E-state index contributed by atoms with van der Waals surface area (Å²) in [5, 5.41) is 9.63. The highest BCUT2D eigenvalue weighted by Gasteiger charge is 2.16. The fourth-order valence-corrected chi connectivity index (χ4v) is 7.62. The third-order valence-electron chi connectivity index (χ3n) is 11.6. The van der Waals surface area contributed by atoms with Crippen LogP contribution in [0.4, 0.5) is 0 Å². The van der Waals surface area contributed by atoms with E-state index in [2.05, 4.69) is 62.5 Å². The zero-order valence-electron chi connectivity index (χ0n) is 40.0. The number of hydrogen-bond donors (Lipinski definition) is 1. The van der Waals surface area contributed by atoms with E-state index in [1.165, 1.54) is 193 Å². The van der Waals surface area contributed by atoms with Crippen LogP contribution in [0.2, 0.25) is 0 Å². The van der Waals surface area contributed by atoms with E-state index in [1.54, 1.807) is 0 Å². The summed E-state index contributed by atoms with van der Waals surface area (Å²) in [6.45, 7) is 4.15. The van der Waals surface area contributed by atoms with Crippen molar-refractivity contribution in [2.45, 2.75) is 277 Å². The molecule has 5 heteroatoms. The van der Waals surface area contributed by atoms with Crippen molar-refractivity contribution in [1.82, 2.24) is 0 Å². The van der Waals surface area contributed by atoms with Gasteiger partial charge in [0.2, 0.25) is 0 Å². The zero-order chi connectivity index (χ0) is 43.5. The molecule has 0 amide bonds. The van der Waals surface area contributed by atoms with Gasteiger partial charge in [-0.3, -0.25) is 9.59 Å². The maximum atomic E-state index is 12.3. The van der Waals surface area contributed by atoms with E-state index in [4.69, 9.17) is 9.47 Å². The van der Waals surface area contributed by atoms with Gasteiger partial charge in [0, 0.05) is 12.8 Å². The largest absolute Gasteiger partial charge is 0.462 e. The molecular weight excluding hydrogens is 741 g/mol. The van der Waals surface area contributed by atoms with Crippen LogP contribution in [0.15, 0.2) is 48.6 Å². The summed E-state index contributed by atoms with van der Waals surface area (Å²) in [5.74, 6) is -0.586. The first-order valence-electron chi connectivity index (χ1n) is 26.2. The molecule has 0 saturated carbocycles. The Bertz CT molecular complexity index is 997. The molecule has 0 heterocycles. The lowest BCUT2D eigenvalue weighted by atomic mass is 10.0. The fraction of sp³-hybridized carbons (Fsp3) is 0.818. The number of ether oxygens (including phenoxy) is 2. The average Bonchev–Trinajstić information content (AvgIpc) is 3.25. The van der Waals surface area contributed by atoms with Crippen molar-refractivity contribution in [3.63, 3.8) is 0 Å². The van der Waals surface area contributed by atoms with Crippen LogP contribution in [-0.4, -0.2) is 36.4 Å². The SMILES string of the molecule is CCCCCCC/C=C\C/C=C\C/C=C\CCCCCCCCCCCCCCC(=O)OC(CO)COC(=O)CCCCCCCCCCC/C=C\CCCCCCCC. The number of allylic oxidation sites excluding steroid dienone is 8. The highest BCUT2D eigenvalue weighted by molar-refractivity contribution is 5.70. The summed E-state index contributed by atoms with van der Waals surface area (Å²) < 4.78 is 10.7. The first-order chi connectivity index (χ1) is 29.6. The number of carbonyl (C=O) groups is 2. The van der Waals surface area contributed by atoms with Crippen molar-refractivity contribution in [1.29, 1.82) is 0 Å². The molecule has 1 N–H and O–H groups in total. The van der Waals surface area contributed by atoms with Crippen LogP contribution in [0, 0.1) is 0 Å². The molecule has 60 heavy (non-hydrogen) atoms. The van der Waals surface area contributed by atoms with E-state index >= 15 is 0 Å². The van der Waals surface area contributed by atoms with Crippen molar-refractivity contribution >= 4 is 11.9 Å². The lowest BCUT2D eigenvalue weighted by molar-refractivity contribution is -0.161. The van der Waals surface area contributed by atoms with Crippen molar-refractivity contribution in [2.24, 2.45) is 0 Å². The second-order valence-corrected chi connectivity index (χ2v) is 17.6. The lowest BCUT2D eigenvalue weighted by Gasteiger charge is -2.15. The normalized spacial score (nSPS) is 12.5. The third-order valence-corrected chi connectivity index (χ3v) is 11.6. The molecule has 350 valence electrons. The van der Waals surface area contributed by atoms with E-state index < -0.39 is 6.10 Å². The summed E-state index contributed by atoms with van der Waals surface area (Å²) in [6.07, 6.45) is 66.3. The Morgan fingerprint density at radius 2 is 0.667 bits per heavy atom. The van der Waals surface area contributed by atoms with Crippen LogP contribution in [0.25, 0.3) is 0 Å². The van der Waals surface area contributed by atoms with Gasteiger partial charge in [0.25, 0.3) is 0 Å². The van der Waals surface area contributed by atoms with Crippen molar-refractivity contribution in [3.05, 3.63) is 48.6 Å². The van der Waals surface area contributed by atoms with E-state index in [0.717, 1.165) is 51.4 Å². The molecule has 0 aromatic rings. The predicted octanol–water partition coefficient (Wildman–Crippen LogP) is 17.3. The second kappa shape index (κ2) is 51.2. The molecular formula is C55H100O5. The average molecular weight is 841 g/mol. The number of aliphatic hydroxyl groups excluding tert-OH is 1. The van der Waals surface area contributed by atoms with Crippen LogP contribution in [0.3, 0.4) is 0 Å². The molecule has 0 rings (SSSR count). The first kappa shape index (κ1) is 57.9. The molecule has 0 aliphatic carbocycles. The van der Waals surface area contributed by atoms with E-state index in [0.29, 0.717) is 12.8 Å². The van der Waals surface area contributed by atoms with Gasteiger partial charge in [-0.25, -0.2) is 0 Å². The van der Waals surface area contributed by atoms with Crippen molar-refractivity contribution in [2.75, 3.05) is 13.2 Å². The molecule has 0 aromatic heterocycles. The van der Waals surface area contributed by atoms with Gasteiger partial charge in [-0.15, -0.1) is 0 Å². The molecule has 0 spiro atoms. The van der Waals surface area contributed by atoms with Gasteiger partial charge in [-0.1, -0.05) is 229 Å². The van der Waals surface area contributed by atoms with Gasteiger partial charge in [0.15, 0.2) is 6.10 Å². The Hall–Kier alpha value is -2.14. The minimum atomic E-state index is -0.774. The minimum Gasteiger partial charge on any atom is -0.462 e. The Labute approximate surface area is 373 Å².